The lowest BCUT2D eigenvalue weighted by atomic mass is 10.3. The molecule has 1 aromatic rings. The van der Waals surface area contributed by atoms with Gasteiger partial charge in [0.25, 0.3) is 11.8 Å². The molecule has 1 heterocycles. The summed E-state index contributed by atoms with van der Waals surface area (Å²) in [5.74, 6) is -0.857. The van der Waals surface area contributed by atoms with Gasteiger partial charge in [-0.25, -0.2) is 4.79 Å². The Bertz CT molecular complexity index is 416. The van der Waals surface area contributed by atoms with E-state index in [9.17, 15) is 9.59 Å². The van der Waals surface area contributed by atoms with Crippen molar-refractivity contribution in [1.82, 2.24) is 10.5 Å². The largest absolute Gasteiger partial charge is 0.479 e. The maximum atomic E-state index is 11.3. The SMILES string of the molecule is COC(CNC(=O)COc1cc(C)on1)C(=O)O. The molecule has 1 amide bonds. The van der Waals surface area contributed by atoms with E-state index < -0.39 is 18.0 Å². The molecule has 18 heavy (non-hydrogen) atoms. The zero-order valence-corrected chi connectivity index (χ0v) is 10.0. The molecule has 1 aromatic heterocycles. The van der Waals surface area contributed by atoms with Gasteiger partial charge in [-0.05, 0) is 12.1 Å². The van der Waals surface area contributed by atoms with Gasteiger partial charge in [0.05, 0.1) is 6.54 Å². The van der Waals surface area contributed by atoms with Gasteiger partial charge in [0.1, 0.15) is 5.76 Å². The summed E-state index contributed by atoms with van der Waals surface area (Å²) in [7, 11) is 1.25. The molecule has 100 valence electrons. The lowest BCUT2D eigenvalue weighted by Gasteiger charge is -2.11. The summed E-state index contributed by atoms with van der Waals surface area (Å²) in [5.41, 5.74) is 0. The number of hydrogen-bond acceptors (Lipinski definition) is 6. The molecule has 0 radical (unpaired) electrons. The molecule has 0 saturated heterocycles. The van der Waals surface area contributed by atoms with Crippen LogP contribution in [0.2, 0.25) is 0 Å². The zero-order valence-electron chi connectivity index (χ0n) is 10.0. The number of hydrogen-bond donors (Lipinski definition) is 2. The van der Waals surface area contributed by atoms with E-state index in [-0.39, 0.29) is 19.0 Å². The van der Waals surface area contributed by atoms with Crippen molar-refractivity contribution in [2.75, 3.05) is 20.3 Å². The number of methoxy groups -OCH3 is 1. The lowest BCUT2D eigenvalue weighted by molar-refractivity contribution is -0.148. The Morgan fingerprint density at radius 3 is 2.83 bits per heavy atom. The molecule has 0 spiro atoms. The minimum absolute atomic E-state index is 0.133. The summed E-state index contributed by atoms with van der Waals surface area (Å²) in [6, 6.07) is 1.53. The number of aryl methyl sites for hydroxylation is 1. The monoisotopic (exact) mass is 258 g/mol. The average molecular weight is 258 g/mol. The van der Waals surface area contributed by atoms with E-state index in [0.717, 1.165) is 0 Å². The van der Waals surface area contributed by atoms with Crippen LogP contribution in [-0.4, -0.2) is 48.5 Å². The molecule has 0 aliphatic carbocycles. The first-order chi connectivity index (χ1) is 8.52. The molecule has 0 aliphatic rings. The number of carboxylic acid groups (broad SMARTS) is 1. The van der Waals surface area contributed by atoms with Gasteiger partial charge in [0, 0.05) is 13.2 Å². The number of amides is 1. The number of carboxylic acids is 1. The molecule has 1 rings (SSSR count). The van der Waals surface area contributed by atoms with Gasteiger partial charge in [-0.15, -0.1) is 0 Å². The lowest BCUT2D eigenvalue weighted by Crippen LogP contribution is -2.39. The number of nitrogens with one attached hydrogen (secondary N) is 1. The second-order valence-electron chi connectivity index (χ2n) is 3.43. The van der Waals surface area contributed by atoms with Gasteiger partial charge >= 0.3 is 5.97 Å². The number of aliphatic carboxylic acids is 1. The van der Waals surface area contributed by atoms with Crippen molar-refractivity contribution in [3.05, 3.63) is 11.8 Å². The average Bonchev–Trinajstić information content (AvgIpc) is 2.73. The summed E-state index contributed by atoms with van der Waals surface area (Å²) >= 11 is 0. The number of rotatable bonds is 7. The van der Waals surface area contributed by atoms with Crippen molar-refractivity contribution in [3.8, 4) is 5.88 Å². The smallest absolute Gasteiger partial charge is 0.334 e. The van der Waals surface area contributed by atoms with E-state index in [1.807, 2.05) is 0 Å². The Hall–Kier alpha value is -2.09. The summed E-state index contributed by atoms with van der Waals surface area (Å²) in [5, 5.41) is 14.6. The molecule has 0 fully saturated rings. The van der Waals surface area contributed by atoms with Crippen LogP contribution in [-0.2, 0) is 14.3 Å². The van der Waals surface area contributed by atoms with E-state index >= 15 is 0 Å². The normalized spacial score (nSPS) is 11.9. The third-order valence-electron chi connectivity index (χ3n) is 2.00. The minimum atomic E-state index is -1.15. The van der Waals surface area contributed by atoms with E-state index in [2.05, 4.69) is 15.2 Å². The predicted molar refractivity (Wildman–Crippen MR) is 58.2 cm³/mol. The van der Waals surface area contributed by atoms with Crippen LogP contribution in [0.25, 0.3) is 0 Å². The molecule has 0 aromatic carbocycles. The van der Waals surface area contributed by atoms with Crippen LogP contribution in [0.5, 0.6) is 5.88 Å². The maximum absolute atomic E-state index is 11.3. The van der Waals surface area contributed by atoms with Crippen LogP contribution in [0.15, 0.2) is 10.6 Å². The topological polar surface area (TPSA) is 111 Å². The number of ether oxygens (including phenoxy) is 2. The molecule has 0 bridgehead atoms. The fourth-order valence-electron chi connectivity index (χ4n) is 1.08. The van der Waals surface area contributed by atoms with Crippen LogP contribution in [0.3, 0.4) is 0 Å². The first kappa shape index (κ1) is 14.0. The second-order valence-corrected chi connectivity index (χ2v) is 3.43. The van der Waals surface area contributed by atoms with Gasteiger partial charge < -0.3 is 24.4 Å². The van der Waals surface area contributed by atoms with Crippen LogP contribution in [0.1, 0.15) is 5.76 Å². The van der Waals surface area contributed by atoms with Crippen molar-refractivity contribution in [3.63, 3.8) is 0 Å². The molecule has 1 unspecified atom stereocenters. The molecule has 8 heteroatoms. The van der Waals surface area contributed by atoms with Crippen molar-refractivity contribution in [2.24, 2.45) is 0 Å². The Kier molecular flexibility index (Phi) is 5.12. The third kappa shape index (κ3) is 4.42. The van der Waals surface area contributed by atoms with Crippen LogP contribution in [0.4, 0.5) is 0 Å². The number of carbonyl (C=O) groups excluding carboxylic acids is 1. The Morgan fingerprint density at radius 2 is 2.33 bits per heavy atom. The third-order valence-corrected chi connectivity index (χ3v) is 2.00. The van der Waals surface area contributed by atoms with Crippen molar-refractivity contribution in [1.29, 1.82) is 0 Å². The van der Waals surface area contributed by atoms with Crippen LogP contribution >= 0.6 is 0 Å². The Labute approximate surface area is 103 Å². The van der Waals surface area contributed by atoms with Crippen molar-refractivity contribution in [2.45, 2.75) is 13.0 Å². The predicted octanol–water partition coefficient (Wildman–Crippen LogP) is -0.422. The van der Waals surface area contributed by atoms with Crippen LogP contribution in [0, 0.1) is 6.92 Å². The fourth-order valence-corrected chi connectivity index (χ4v) is 1.08. The van der Waals surface area contributed by atoms with E-state index in [1.54, 1.807) is 6.92 Å². The van der Waals surface area contributed by atoms with E-state index in [4.69, 9.17) is 14.4 Å². The highest BCUT2D eigenvalue weighted by Crippen LogP contribution is 2.09. The summed E-state index contributed by atoms with van der Waals surface area (Å²) in [6.07, 6.45) is -1.08. The van der Waals surface area contributed by atoms with Crippen molar-refractivity contribution < 1.29 is 28.7 Å². The first-order valence-electron chi connectivity index (χ1n) is 5.11. The highest BCUT2D eigenvalue weighted by Gasteiger charge is 2.17. The highest BCUT2D eigenvalue weighted by molar-refractivity contribution is 5.79. The Morgan fingerprint density at radius 1 is 1.61 bits per heavy atom. The second kappa shape index (κ2) is 6.60. The zero-order chi connectivity index (χ0) is 13.5. The molecule has 8 nitrogen and oxygen atoms in total. The number of nitrogens with zero attached hydrogens (tertiary/aromatic N) is 1. The molecule has 2 N–H and O–H groups in total. The number of carbonyl (C=O) groups is 2. The molecule has 0 saturated carbocycles. The van der Waals surface area contributed by atoms with Crippen molar-refractivity contribution >= 4 is 11.9 Å². The van der Waals surface area contributed by atoms with Gasteiger partial charge in [0.2, 0.25) is 0 Å². The molecular weight excluding hydrogens is 244 g/mol. The van der Waals surface area contributed by atoms with E-state index in [0.29, 0.717) is 5.76 Å². The van der Waals surface area contributed by atoms with E-state index in [1.165, 1.54) is 13.2 Å². The van der Waals surface area contributed by atoms with Gasteiger partial charge in [-0.3, -0.25) is 4.79 Å². The fraction of sp³-hybridized carbons (Fsp3) is 0.500. The number of aromatic nitrogens is 1. The summed E-state index contributed by atoms with van der Waals surface area (Å²) in [4.78, 5) is 21.9. The van der Waals surface area contributed by atoms with Gasteiger partial charge in [-0.2, -0.15) is 0 Å². The molecule has 1 atom stereocenters. The maximum Gasteiger partial charge on any atom is 0.334 e. The molecular formula is C10H14N2O6. The summed E-state index contributed by atoms with van der Waals surface area (Å²) in [6.45, 7) is 1.28. The Balaban J connectivity index is 2.27. The van der Waals surface area contributed by atoms with Crippen LogP contribution < -0.4 is 10.1 Å². The molecule has 0 aliphatic heterocycles. The van der Waals surface area contributed by atoms with Gasteiger partial charge in [0.15, 0.2) is 12.7 Å². The quantitative estimate of drug-likeness (QED) is 0.683. The first-order valence-corrected chi connectivity index (χ1v) is 5.11. The van der Waals surface area contributed by atoms with Gasteiger partial charge in [-0.1, -0.05) is 0 Å². The summed E-state index contributed by atoms with van der Waals surface area (Å²) < 4.78 is 14.4. The highest BCUT2D eigenvalue weighted by atomic mass is 16.5. The standard InChI is InChI=1S/C10H14N2O6/c1-6-3-9(12-18-6)17-5-8(13)11-4-7(16-2)10(14)15/h3,7H,4-5H2,1-2H3,(H,11,13)(H,14,15). The minimum Gasteiger partial charge on any atom is -0.479 e.